The van der Waals surface area contributed by atoms with E-state index in [2.05, 4.69) is 17.4 Å². The fourth-order valence-corrected chi connectivity index (χ4v) is 4.08. The van der Waals surface area contributed by atoms with Gasteiger partial charge in [-0.2, -0.15) is 0 Å². The molecular weight excluding hydrogens is 356 g/mol. The summed E-state index contributed by atoms with van der Waals surface area (Å²) in [5, 5.41) is 3.37. The summed E-state index contributed by atoms with van der Waals surface area (Å²) in [5.41, 5.74) is 1.55. The van der Waals surface area contributed by atoms with Crippen LogP contribution in [0.25, 0.3) is 0 Å². The molecule has 2 aromatic rings. The standard InChI is InChI=1S/C22H26N2O4/c1-15-12-17(9-5-8-16-6-3-2-4-7-16)28-22(26)20(15)21(25)24-13-18-19(14-24)27-11-10-23-18/h2-4,6-7,12,18-19,23H,5,8-11,13-14H2,1H3/t18-,19-/m0/s1. The Morgan fingerprint density at radius 3 is 2.79 bits per heavy atom. The zero-order valence-electron chi connectivity index (χ0n) is 16.1. The number of benzene rings is 1. The van der Waals surface area contributed by atoms with E-state index in [4.69, 9.17) is 9.15 Å². The highest BCUT2D eigenvalue weighted by Crippen LogP contribution is 2.20. The van der Waals surface area contributed by atoms with E-state index in [1.54, 1.807) is 4.90 Å². The number of amides is 1. The van der Waals surface area contributed by atoms with Gasteiger partial charge in [-0.1, -0.05) is 30.3 Å². The van der Waals surface area contributed by atoms with E-state index in [1.807, 2.05) is 31.2 Å². The number of hydrogen-bond donors (Lipinski definition) is 1. The number of aryl methyl sites for hydroxylation is 3. The van der Waals surface area contributed by atoms with Crippen molar-refractivity contribution >= 4 is 5.91 Å². The first kappa shape index (κ1) is 18.9. The second kappa shape index (κ2) is 8.29. The van der Waals surface area contributed by atoms with Gasteiger partial charge in [0.15, 0.2) is 0 Å². The SMILES string of the molecule is Cc1cc(CCCc2ccccc2)oc(=O)c1C(=O)N1C[C@@H]2NCCO[C@H]2C1. The topological polar surface area (TPSA) is 71.8 Å². The van der Waals surface area contributed by atoms with Gasteiger partial charge in [-0.15, -0.1) is 0 Å². The fourth-order valence-electron chi connectivity index (χ4n) is 4.08. The average Bonchev–Trinajstić information content (AvgIpc) is 3.12. The van der Waals surface area contributed by atoms with Crippen LogP contribution in [0.3, 0.4) is 0 Å². The third-order valence-electron chi connectivity index (χ3n) is 5.54. The Morgan fingerprint density at radius 2 is 2.04 bits per heavy atom. The molecule has 0 radical (unpaired) electrons. The first-order valence-electron chi connectivity index (χ1n) is 9.93. The predicted octanol–water partition coefficient (Wildman–Crippen LogP) is 1.94. The van der Waals surface area contributed by atoms with Gasteiger partial charge in [0.1, 0.15) is 11.3 Å². The largest absolute Gasteiger partial charge is 0.427 e. The maximum absolute atomic E-state index is 12.9. The van der Waals surface area contributed by atoms with Crippen LogP contribution in [0.2, 0.25) is 0 Å². The number of ether oxygens (including phenoxy) is 1. The van der Waals surface area contributed by atoms with Gasteiger partial charge < -0.3 is 19.4 Å². The lowest BCUT2D eigenvalue weighted by Crippen LogP contribution is -2.47. The Labute approximate surface area is 164 Å². The highest BCUT2D eigenvalue weighted by atomic mass is 16.5. The lowest BCUT2D eigenvalue weighted by atomic mass is 10.1. The third-order valence-corrected chi connectivity index (χ3v) is 5.54. The number of morpholine rings is 1. The fraction of sp³-hybridized carbons (Fsp3) is 0.455. The normalized spacial score (nSPS) is 21.5. The van der Waals surface area contributed by atoms with Gasteiger partial charge in [0.2, 0.25) is 0 Å². The molecule has 6 nitrogen and oxygen atoms in total. The summed E-state index contributed by atoms with van der Waals surface area (Å²) < 4.78 is 11.2. The van der Waals surface area contributed by atoms with Crippen LogP contribution in [-0.2, 0) is 17.6 Å². The van der Waals surface area contributed by atoms with Crippen molar-refractivity contribution in [2.75, 3.05) is 26.2 Å². The zero-order valence-corrected chi connectivity index (χ0v) is 16.1. The molecule has 4 rings (SSSR count). The van der Waals surface area contributed by atoms with Crippen LogP contribution >= 0.6 is 0 Å². The van der Waals surface area contributed by atoms with Gasteiger partial charge in [0.25, 0.3) is 5.91 Å². The van der Waals surface area contributed by atoms with E-state index < -0.39 is 5.63 Å². The van der Waals surface area contributed by atoms with E-state index in [0.717, 1.165) is 19.4 Å². The van der Waals surface area contributed by atoms with E-state index in [0.29, 0.717) is 37.4 Å². The smallest absolute Gasteiger partial charge is 0.349 e. The maximum atomic E-state index is 12.9. The van der Waals surface area contributed by atoms with E-state index >= 15 is 0 Å². The van der Waals surface area contributed by atoms with E-state index in [-0.39, 0.29) is 23.6 Å². The monoisotopic (exact) mass is 382 g/mol. The minimum Gasteiger partial charge on any atom is -0.427 e. The van der Waals surface area contributed by atoms with Crippen molar-refractivity contribution in [2.24, 2.45) is 0 Å². The minimum atomic E-state index is -0.538. The summed E-state index contributed by atoms with van der Waals surface area (Å²) in [6.45, 7) is 4.32. The highest BCUT2D eigenvalue weighted by Gasteiger charge is 2.38. The van der Waals surface area contributed by atoms with Crippen molar-refractivity contribution in [1.29, 1.82) is 0 Å². The lowest BCUT2D eigenvalue weighted by Gasteiger charge is -2.25. The molecule has 0 bridgehead atoms. The summed E-state index contributed by atoms with van der Waals surface area (Å²) >= 11 is 0. The molecule has 1 aromatic heterocycles. The minimum absolute atomic E-state index is 0.00214. The molecule has 1 N–H and O–H groups in total. The molecule has 2 atom stereocenters. The summed E-state index contributed by atoms with van der Waals surface area (Å²) in [5.74, 6) is 0.372. The Kier molecular flexibility index (Phi) is 5.59. The molecular formula is C22H26N2O4. The molecule has 0 aliphatic carbocycles. The predicted molar refractivity (Wildman–Crippen MR) is 106 cm³/mol. The average molecular weight is 382 g/mol. The van der Waals surface area contributed by atoms with Gasteiger partial charge in [-0.3, -0.25) is 4.79 Å². The number of fused-ring (bicyclic) bond motifs is 1. The molecule has 2 aliphatic heterocycles. The van der Waals surface area contributed by atoms with Gasteiger partial charge in [0, 0.05) is 26.1 Å². The van der Waals surface area contributed by atoms with Crippen LogP contribution < -0.4 is 10.9 Å². The van der Waals surface area contributed by atoms with Crippen LogP contribution in [0.15, 0.2) is 45.6 Å². The number of nitrogens with one attached hydrogen (secondary N) is 1. The first-order valence-corrected chi connectivity index (χ1v) is 9.93. The number of likely N-dealkylation sites (tertiary alicyclic amines) is 1. The summed E-state index contributed by atoms with van der Waals surface area (Å²) in [6, 6.07) is 12.2. The van der Waals surface area contributed by atoms with Crippen molar-refractivity contribution in [3.8, 4) is 0 Å². The third kappa shape index (κ3) is 4.03. The maximum Gasteiger partial charge on any atom is 0.349 e. The summed E-state index contributed by atoms with van der Waals surface area (Å²) in [7, 11) is 0. The van der Waals surface area contributed by atoms with Crippen LogP contribution in [0.4, 0.5) is 0 Å². The molecule has 0 unspecified atom stereocenters. The molecule has 1 amide bonds. The molecule has 6 heteroatoms. The molecule has 2 fully saturated rings. The van der Waals surface area contributed by atoms with Crippen molar-refractivity contribution in [1.82, 2.24) is 10.2 Å². The van der Waals surface area contributed by atoms with Crippen molar-refractivity contribution in [3.63, 3.8) is 0 Å². The van der Waals surface area contributed by atoms with Gasteiger partial charge in [-0.25, -0.2) is 4.79 Å². The van der Waals surface area contributed by atoms with Crippen LogP contribution in [0, 0.1) is 6.92 Å². The molecule has 0 saturated carbocycles. The van der Waals surface area contributed by atoms with E-state index in [9.17, 15) is 9.59 Å². The number of rotatable bonds is 5. The van der Waals surface area contributed by atoms with Gasteiger partial charge in [-0.05, 0) is 37.0 Å². The second-order valence-corrected chi connectivity index (χ2v) is 7.58. The Balaban J connectivity index is 1.42. The van der Waals surface area contributed by atoms with Gasteiger partial charge >= 0.3 is 5.63 Å². The van der Waals surface area contributed by atoms with Crippen LogP contribution in [-0.4, -0.2) is 49.2 Å². The molecule has 148 valence electrons. The Bertz CT molecular complexity index is 879. The van der Waals surface area contributed by atoms with Crippen LogP contribution in [0.5, 0.6) is 0 Å². The first-order chi connectivity index (χ1) is 13.6. The highest BCUT2D eigenvalue weighted by molar-refractivity contribution is 5.95. The Morgan fingerprint density at radius 1 is 1.21 bits per heavy atom. The lowest BCUT2D eigenvalue weighted by molar-refractivity contribution is 0.0176. The molecule has 28 heavy (non-hydrogen) atoms. The zero-order chi connectivity index (χ0) is 19.5. The molecule has 2 saturated heterocycles. The summed E-state index contributed by atoms with van der Waals surface area (Å²) in [4.78, 5) is 27.2. The molecule has 2 aliphatic rings. The molecule has 0 spiro atoms. The van der Waals surface area contributed by atoms with Crippen molar-refractivity contribution in [2.45, 2.75) is 38.3 Å². The molecule has 3 heterocycles. The number of carbonyl (C=O) groups is 1. The van der Waals surface area contributed by atoms with Gasteiger partial charge in [0.05, 0.1) is 18.8 Å². The van der Waals surface area contributed by atoms with Crippen LogP contribution in [0.1, 0.15) is 33.7 Å². The van der Waals surface area contributed by atoms with Crippen molar-refractivity contribution in [3.05, 3.63) is 69.3 Å². The second-order valence-electron chi connectivity index (χ2n) is 7.58. The Hall–Kier alpha value is -2.44. The molecule has 1 aromatic carbocycles. The quantitative estimate of drug-likeness (QED) is 0.856. The van der Waals surface area contributed by atoms with E-state index in [1.165, 1.54) is 5.56 Å². The number of hydrogen-bond acceptors (Lipinski definition) is 5. The number of carbonyl (C=O) groups excluding carboxylic acids is 1. The van der Waals surface area contributed by atoms with Crippen molar-refractivity contribution < 1.29 is 13.9 Å². The number of nitrogens with zero attached hydrogens (tertiary/aromatic N) is 1. The summed E-state index contributed by atoms with van der Waals surface area (Å²) in [6.07, 6.45) is 2.49.